The molecular weight excluding hydrogens is 402 g/mol. The van der Waals surface area contributed by atoms with Gasteiger partial charge in [-0.2, -0.15) is 0 Å². The Bertz CT molecular complexity index is 927. The minimum Gasteiger partial charge on any atom is -0.491 e. The quantitative estimate of drug-likeness (QED) is 0.727. The molecule has 1 saturated carbocycles. The van der Waals surface area contributed by atoms with E-state index in [4.69, 9.17) is 4.74 Å². The molecule has 1 aliphatic heterocycles. The second kappa shape index (κ2) is 10.2. The van der Waals surface area contributed by atoms with Crippen LogP contribution in [0, 0.1) is 5.92 Å². The van der Waals surface area contributed by atoms with Crippen LogP contribution in [0.25, 0.3) is 0 Å². The second-order valence-corrected chi connectivity index (χ2v) is 9.18. The first-order chi connectivity index (χ1) is 15.5. The van der Waals surface area contributed by atoms with Gasteiger partial charge in [0, 0.05) is 31.0 Å². The van der Waals surface area contributed by atoms with Gasteiger partial charge in [-0.3, -0.25) is 9.59 Å². The molecule has 6 heteroatoms. The van der Waals surface area contributed by atoms with Gasteiger partial charge < -0.3 is 19.9 Å². The molecule has 2 aromatic rings. The average Bonchev–Trinajstić information content (AvgIpc) is 2.91. The maximum Gasteiger partial charge on any atom is 0.246 e. The van der Waals surface area contributed by atoms with E-state index in [0.717, 1.165) is 36.1 Å². The Hall–Kier alpha value is -2.86. The SMILES string of the molecule is CN(C)CC1COc2ccccc2CN1C(=O)C(Cc1ccccc1)NC(=O)C1CCC1. The second-order valence-electron chi connectivity index (χ2n) is 9.18. The van der Waals surface area contributed by atoms with E-state index >= 15 is 0 Å². The Kier molecular flexibility index (Phi) is 7.10. The summed E-state index contributed by atoms with van der Waals surface area (Å²) < 4.78 is 6.08. The van der Waals surface area contributed by atoms with E-state index in [1.165, 1.54) is 0 Å². The molecule has 4 rings (SSSR count). The van der Waals surface area contributed by atoms with Gasteiger partial charge in [0.25, 0.3) is 0 Å². The molecule has 2 aromatic carbocycles. The number of likely N-dealkylation sites (N-methyl/N-ethyl adjacent to an activating group) is 1. The third-order valence-electron chi connectivity index (χ3n) is 6.42. The maximum absolute atomic E-state index is 14.0. The Labute approximate surface area is 190 Å². The number of nitrogens with one attached hydrogen (secondary N) is 1. The number of ether oxygens (including phenoxy) is 1. The molecule has 0 bridgehead atoms. The molecule has 2 aliphatic rings. The van der Waals surface area contributed by atoms with Crippen LogP contribution in [0.3, 0.4) is 0 Å². The zero-order valence-corrected chi connectivity index (χ0v) is 19.0. The molecule has 170 valence electrons. The van der Waals surface area contributed by atoms with Crippen LogP contribution in [0.15, 0.2) is 54.6 Å². The van der Waals surface area contributed by atoms with E-state index in [0.29, 0.717) is 26.1 Å². The van der Waals surface area contributed by atoms with E-state index in [1.54, 1.807) is 0 Å². The Balaban J connectivity index is 1.61. The number of rotatable bonds is 7. The van der Waals surface area contributed by atoms with Crippen molar-refractivity contribution in [1.29, 1.82) is 0 Å². The first-order valence-electron chi connectivity index (χ1n) is 11.5. The molecule has 0 radical (unpaired) electrons. The summed E-state index contributed by atoms with van der Waals surface area (Å²) in [5.74, 6) is 0.811. The molecule has 0 spiro atoms. The molecule has 2 amide bonds. The van der Waals surface area contributed by atoms with Gasteiger partial charge in [0.05, 0.1) is 6.04 Å². The minimum atomic E-state index is -0.597. The van der Waals surface area contributed by atoms with Crippen LogP contribution in [0.4, 0.5) is 0 Å². The Morgan fingerprint density at radius 3 is 2.50 bits per heavy atom. The van der Waals surface area contributed by atoms with Gasteiger partial charge in [-0.05, 0) is 38.6 Å². The van der Waals surface area contributed by atoms with Crippen molar-refractivity contribution in [2.24, 2.45) is 5.92 Å². The van der Waals surface area contributed by atoms with Crippen molar-refractivity contribution in [3.63, 3.8) is 0 Å². The first kappa shape index (κ1) is 22.3. The number of fused-ring (bicyclic) bond motifs is 1. The molecule has 2 atom stereocenters. The monoisotopic (exact) mass is 435 g/mol. The van der Waals surface area contributed by atoms with Crippen molar-refractivity contribution in [1.82, 2.24) is 15.1 Å². The number of hydrogen-bond acceptors (Lipinski definition) is 4. The summed E-state index contributed by atoms with van der Waals surface area (Å²) in [5.41, 5.74) is 2.03. The maximum atomic E-state index is 14.0. The fourth-order valence-corrected chi connectivity index (χ4v) is 4.40. The van der Waals surface area contributed by atoms with Crippen LogP contribution in [0.2, 0.25) is 0 Å². The number of carbonyl (C=O) groups excluding carboxylic acids is 2. The van der Waals surface area contributed by atoms with Gasteiger partial charge in [-0.25, -0.2) is 0 Å². The lowest BCUT2D eigenvalue weighted by Gasteiger charge is -2.35. The lowest BCUT2D eigenvalue weighted by atomic mass is 9.84. The number of para-hydroxylation sites is 1. The number of nitrogens with zero attached hydrogens (tertiary/aromatic N) is 2. The highest BCUT2D eigenvalue weighted by atomic mass is 16.5. The normalized spacial score (nSPS) is 19.3. The average molecular weight is 436 g/mol. The summed E-state index contributed by atoms with van der Waals surface area (Å²) in [6.07, 6.45) is 3.38. The lowest BCUT2D eigenvalue weighted by Crippen LogP contribution is -2.56. The summed E-state index contributed by atoms with van der Waals surface area (Å²) in [5, 5.41) is 3.10. The number of amides is 2. The van der Waals surface area contributed by atoms with Gasteiger partial charge in [0.1, 0.15) is 18.4 Å². The molecule has 1 N–H and O–H groups in total. The van der Waals surface area contributed by atoms with E-state index in [2.05, 4.69) is 10.2 Å². The van der Waals surface area contributed by atoms with E-state index in [9.17, 15) is 9.59 Å². The van der Waals surface area contributed by atoms with Crippen LogP contribution < -0.4 is 10.1 Å². The fourth-order valence-electron chi connectivity index (χ4n) is 4.40. The third kappa shape index (κ3) is 5.30. The lowest BCUT2D eigenvalue weighted by molar-refractivity contribution is -0.141. The predicted octanol–water partition coefficient (Wildman–Crippen LogP) is 2.87. The molecule has 1 aliphatic carbocycles. The standard InChI is InChI=1S/C26H33N3O3/c1-28(2)17-22-18-32-24-14-7-6-11-21(24)16-29(22)26(31)23(15-19-9-4-3-5-10-19)27-25(30)20-12-8-13-20/h3-7,9-11,14,20,22-23H,8,12-13,15-18H2,1-2H3,(H,27,30). The van der Waals surface area contributed by atoms with E-state index in [-0.39, 0.29) is 23.8 Å². The zero-order valence-electron chi connectivity index (χ0n) is 19.0. The number of benzene rings is 2. The van der Waals surface area contributed by atoms with E-state index in [1.807, 2.05) is 73.6 Å². The van der Waals surface area contributed by atoms with Crippen molar-refractivity contribution in [2.75, 3.05) is 27.2 Å². The van der Waals surface area contributed by atoms with Gasteiger partial charge in [0.15, 0.2) is 0 Å². The van der Waals surface area contributed by atoms with Crippen molar-refractivity contribution >= 4 is 11.8 Å². The summed E-state index contributed by atoms with van der Waals surface area (Å²) in [6.45, 7) is 1.59. The molecule has 2 unspecified atom stereocenters. The topological polar surface area (TPSA) is 61.9 Å². The Morgan fingerprint density at radius 2 is 1.81 bits per heavy atom. The van der Waals surface area contributed by atoms with E-state index < -0.39 is 6.04 Å². The van der Waals surface area contributed by atoms with Crippen molar-refractivity contribution in [3.05, 3.63) is 65.7 Å². The van der Waals surface area contributed by atoms with Gasteiger partial charge in [0.2, 0.25) is 11.8 Å². The summed E-state index contributed by atoms with van der Waals surface area (Å²) in [6, 6.07) is 17.1. The highest BCUT2D eigenvalue weighted by molar-refractivity contribution is 5.89. The summed E-state index contributed by atoms with van der Waals surface area (Å²) >= 11 is 0. The van der Waals surface area contributed by atoms with Gasteiger partial charge in [-0.1, -0.05) is 55.0 Å². The predicted molar refractivity (Wildman–Crippen MR) is 124 cm³/mol. The molecule has 32 heavy (non-hydrogen) atoms. The zero-order chi connectivity index (χ0) is 22.5. The molecule has 0 aromatic heterocycles. The number of carbonyl (C=O) groups is 2. The Morgan fingerprint density at radius 1 is 1.09 bits per heavy atom. The van der Waals surface area contributed by atoms with Gasteiger partial charge >= 0.3 is 0 Å². The minimum absolute atomic E-state index is 0.00108. The third-order valence-corrected chi connectivity index (χ3v) is 6.42. The number of hydrogen-bond donors (Lipinski definition) is 1. The van der Waals surface area contributed by atoms with Crippen LogP contribution >= 0.6 is 0 Å². The molecular formula is C26H33N3O3. The largest absolute Gasteiger partial charge is 0.491 e. The van der Waals surface area contributed by atoms with Gasteiger partial charge in [-0.15, -0.1) is 0 Å². The van der Waals surface area contributed by atoms with Crippen LogP contribution in [-0.4, -0.2) is 60.9 Å². The van der Waals surface area contributed by atoms with Crippen molar-refractivity contribution in [2.45, 2.75) is 44.3 Å². The molecule has 1 fully saturated rings. The summed E-state index contributed by atoms with van der Waals surface area (Å²) in [7, 11) is 4.00. The summed E-state index contributed by atoms with van der Waals surface area (Å²) in [4.78, 5) is 30.8. The van der Waals surface area contributed by atoms with Crippen molar-refractivity contribution < 1.29 is 14.3 Å². The molecule has 1 heterocycles. The van der Waals surface area contributed by atoms with Crippen LogP contribution in [-0.2, 0) is 22.6 Å². The van der Waals surface area contributed by atoms with Crippen LogP contribution in [0.1, 0.15) is 30.4 Å². The highest BCUT2D eigenvalue weighted by Crippen LogP contribution is 2.28. The molecule has 6 nitrogen and oxygen atoms in total. The molecule has 0 saturated heterocycles. The smallest absolute Gasteiger partial charge is 0.246 e. The highest BCUT2D eigenvalue weighted by Gasteiger charge is 2.35. The first-order valence-corrected chi connectivity index (χ1v) is 11.5. The fraction of sp³-hybridized carbons (Fsp3) is 0.462. The van der Waals surface area contributed by atoms with Crippen molar-refractivity contribution in [3.8, 4) is 5.75 Å². The van der Waals surface area contributed by atoms with Crippen LogP contribution in [0.5, 0.6) is 5.75 Å².